The molecule has 0 saturated carbocycles. The Balaban J connectivity index is 0.000000320. The van der Waals surface area contributed by atoms with Crippen molar-refractivity contribution in [2.45, 2.75) is 87.8 Å². The van der Waals surface area contributed by atoms with Gasteiger partial charge >= 0.3 is 37.7 Å². The molecular formula is C36H42CaO8S2. The molecule has 8 nitrogen and oxygen atoms in total. The molecule has 0 bridgehead atoms. The molecule has 0 fully saturated rings. The van der Waals surface area contributed by atoms with Gasteiger partial charge in [-0.3, -0.25) is 0 Å². The number of ether oxygens (including phenoxy) is 2. The fourth-order valence-corrected chi connectivity index (χ4v) is 5.63. The van der Waals surface area contributed by atoms with Crippen molar-refractivity contribution >= 4 is 58.0 Å². The number of aryl methyl sites for hydroxylation is 2. The quantitative estimate of drug-likeness (QED) is 0.0643. The second-order valence-corrected chi connectivity index (χ2v) is 13.7. The summed E-state index contributed by atoms with van der Waals surface area (Å²) in [6.45, 7) is 4.39. The maximum Gasteiger partial charge on any atom is 2.00 e. The van der Waals surface area contributed by atoms with Gasteiger partial charge in [-0.2, -0.15) is 0 Å². The van der Waals surface area contributed by atoms with Crippen molar-refractivity contribution in [2.75, 3.05) is 0 Å². The second-order valence-electron chi connectivity index (χ2n) is 11.0. The fourth-order valence-electron chi connectivity index (χ4n) is 4.62. The molecule has 11 heteroatoms. The van der Waals surface area contributed by atoms with E-state index >= 15 is 0 Å². The first-order chi connectivity index (χ1) is 22.0. The van der Waals surface area contributed by atoms with Gasteiger partial charge in [-0.1, -0.05) is 88.8 Å². The van der Waals surface area contributed by atoms with Gasteiger partial charge in [0.25, 0.3) is 0 Å². The van der Waals surface area contributed by atoms with Gasteiger partial charge in [-0.25, -0.2) is 16.8 Å². The molecule has 0 amide bonds. The van der Waals surface area contributed by atoms with Crippen LogP contribution in [0.1, 0.15) is 76.3 Å². The van der Waals surface area contributed by atoms with E-state index in [1.165, 1.54) is 98.9 Å². The SMILES string of the molecule is CCCCCCc1ccc(Oc2cccc(S(=O)(=O)[O-])c2)cc1.CCCCCCc1ccc(Oc2cccc(S(=O)(=O)[O-])c2)cc1.[Ca+2]. The van der Waals surface area contributed by atoms with E-state index in [1.54, 1.807) is 12.1 Å². The molecule has 0 aliphatic heterocycles. The smallest absolute Gasteiger partial charge is 0.744 e. The largest absolute Gasteiger partial charge is 2.00 e. The topological polar surface area (TPSA) is 133 Å². The zero-order valence-corrected chi connectivity index (χ0v) is 30.9. The molecule has 4 aromatic carbocycles. The number of rotatable bonds is 16. The van der Waals surface area contributed by atoms with E-state index in [0.717, 1.165) is 12.8 Å². The zero-order chi connectivity index (χ0) is 33.4. The Kier molecular flexibility index (Phi) is 18.0. The Morgan fingerprint density at radius 1 is 0.489 bits per heavy atom. The molecule has 4 aromatic rings. The van der Waals surface area contributed by atoms with Crippen LogP contribution in [0.3, 0.4) is 0 Å². The van der Waals surface area contributed by atoms with Crippen molar-refractivity contribution in [3.8, 4) is 23.0 Å². The van der Waals surface area contributed by atoms with Crippen LogP contribution in [0.5, 0.6) is 23.0 Å². The van der Waals surface area contributed by atoms with E-state index < -0.39 is 20.2 Å². The number of hydrogen-bond acceptors (Lipinski definition) is 8. The first kappa shape index (κ1) is 40.7. The van der Waals surface area contributed by atoms with Gasteiger partial charge in [-0.15, -0.1) is 0 Å². The maximum atomic E-state index is 11.0. The standard InChI is InChI=1S/2C18H22O4S.Ca/c2*1-2-3-4-5-7-15-10-12-16(13-11-15)22-17-8-6-9-18(14-17)23(19,20)21;/h2*6,8-14H,2-5,7H2,1H3,(H,19,20,21);/q;;+2/p-2. The summed E-state index contributed by atoms with van der Waals surface area (Å²) >= 11 is 0. The van der Waals surface area contributed by atoms with Gasteiger partial charge in [0, 0.05) is 0 Å². The summed E-state index contributed by atoms with van der Waals surface area (Å²) in [4.78, 5) is -0.579. The third kappa shape index (κ3) is 15.5. The van der Waals surface area contributed by atoms with E-state index in [-0.39, 0.29) is 47.5 Å². The van der Waals surface area contributed by atoms with Gasteiger partial charge in [0.05, 0.1) is 9.79 Å². The summed E-state index contributed by atoms with van der Waals surface area (Å²) in [5, 5.41) is 0. The minimum absolute atomic E-state index is 0. The van der Waals surface area contributed by atoms with E-state index in [2.05, 4.69) is 13.8 Å². The van der Waals surface area contributed by atoms with Gasteiger partial charge in [-0.05, 0) is 97.5 Å². The minimum Gasteiger partial charge on any atom is -0.744 e. The van der Waals surface area contributed by atoms with E-state index in [1.807, 2.05) is 48.5 Å². The first-order valence-corrected chi connectivity index (χ1v) is 18.4. The average Bonchev–Trinajstić information content (AvgIpc) is 3.03. The van der Waals surface area contributed by atoms with Crippen molar-refractivity contribution in [3.05, 3.63) is 108 Å². The predicted octanol–water partition coefficient (Wildman–Crippen LogP) is 8.63. The van der Waals surface area contributed by atoms with Gasteiger partial charge in [0.2, 0.25) is 0 Å². The molecule has 0 radical (unpaired) electrons. The third-order valence-electron chi connectivity index (χ3n) is 7.14. The number of unbranched alkanes of at least 4 members (excludes halogenated alkanes) is 6. The molecule has 0 atom stereocenters. The van der Waals surface area contributed by atoms with Crippen LogP contribution < -0.4 is 9.47 Å². The Labute approximate surface area is 310 Å². The molecule has 47 heavy (non-hydrogen) atoms. The fraction of sp³-hybridized carbons (Fsp3) is 0.333. The van der Waals surface area contributed by atoms with Crippen LogP contribution in [0.4, 0.5) is 0 Å². The van der Waals surface area contributed by atoms with Crippen LogP contribution in [-0.4, -0.2) is 63.7 Å². The molecule has 0 aromatic heterocycles. The molecule has 4 rings (SSSR count). The van der Waals surface area contributed by atoms with Crippen LogP contribution >= 0.6 is 0 Å². The van der Waals surface area contributed by atoms with E-state index in [9.17, 15) is 25.9 Å². The van der Waals surface area contributed by atoms with E-state index in [0.29, 0.717) is 23.0 Å². The second kappa shape index (κ2) is 20.8. The Bertz CT molecular complexity index is 1580. The summed E-state index contributed by atoms with van der Waals surface area (Å²) in [5.74, 6) is 1.89. The number of hydrogen-bond donors (Lipinski definition) is 0. The Morgan fingerprint density at radius 3 is 1.17 bits per heavy atom. The molecule has 0 unspecified atom stereocenters. The summed E-state index contributed by atoms with van der Waals surface area (Å²) in [7, 11) is -8.94. The molecule has 0 saturated heterocycles. The van der Waals surface area contributed by atoms with Crippen molar-refractivity contribution in [1.82, 2.24) is 0 Å². The monoisotopic (exact) mass is 706 g/mol. The molecular weight excluding hydrogens is 665 g/mol. The van der Waals surface area contributed by atoms with Crippen LogP contribution in [0.2, 0.25) is 0 Å². The predicted molar refractivity (Wildman–Crippen MR) is 183 cm³/mol. The van der Waals surface area contributed by atoms with Crippen molar-refractivity contribution < 1.29 is 35.4 Å². The Morgan fingerprint density at radius 2 is 0.851 bits per heavy atom. The molecule has 0 heterocycles. The van der Waals surface area contributed by atoms with Crippen LogP contribution in [0.25, 0.3) is 0 Å². The molecule has 0 spiro atoms. The molecule has 248 valence electrons. The average molecular weight is 707 g/mol. The molecule has 0 aliphatic carbocycles. The first-order valence-electron chi connectivity index (χ1n) is 15.6. The summed E-state index contributed by atoms with van der Waals surface area (Å²) in [6.07, 6.45) is 11.9. The summed E-state index contributed by atoms with van der Waals surface area (Å²) in [6, 6.07) is 26.7. The van der Waals surface area contributed by atoms with Crippen LogP contribution in [0, 0.1) is 0 Å². The molecule has 0 aliphatic rings. The maximum absolute atomic E-state index is 11.0. The van der Waals surface area contributed by atoms with E-state index in [4.69, 9.17) is 9.47 Å². The Hall–Kier alpha value is -2.44. The van der Waals surface area contributed by atoms with Crippen molar-refractivity contribution in [2.24, 2.45) is 0 Å². The third-order valence-corrected chi connectivity index (χ3v) is 8.81. The van der Waals surface area contributed by atoms with Crippen LogP contribution in [0.15, 0.2) is 107 Å². The normalized spacial score (nSPS) is 11.1. The van der Waals surface area contributed by atoms with Gasteiger partial charge in [0.1, 0.15) is 43.2 Å². The summed E-state index contributed by atoms with van der Waals surface area (Å²) < 4.78 is 77.3. The zero-order valence-electron chi connectivity index (χ0n) is 27.1. The van der Waals surface area contributed by atoms with Crippen molar-refractivity contribution in [3.63, 3.8) is 0 Å². The van der Waals surface area contributed by atoms with Crippen molar-refractivity contribution in [1.29, 1.82) is 0 Å². The molecule has 0 N–H and O–H groups in total. The van der Waals surface area contributed by atoms with Crippen LogP contribution in [-0.2, 0) is 33.1 Å². The van der Waals surface area contributed by atoms with Gasteiger partial charge < -0.3 is 18.6 Å². The minimum atomic E-state index is -4.47. The van der Waals surface area contributed by atoms with Gasteiger partial charge in [0.15, 0.2) is 0 Å². The summed E-state index contributed by atoms with van der Waals surface area (Å²) in [5.41, 5.74) is 2.51. The number of benzene rings is 4.